The van der Waals surface area contributed by atoms with Crippen LogP contribution in [-0.2, 0) is 4.79 Å². The SMILES string of the molecule is Cc1cccc(C)c1OCCNC(=O)N1CCCC(N(C)CC(=O)O)CC1. The molecule has 2 N–H and O–H groups in total. The monoisotopic (exact) mass is 377 g/mol. The predicted molar refractivity (Wildman–Crippen MR) is 104 cm³/mol. The number of nitrogens with one attached hydrogen (secondary N) is 1. The lowest BCUT2D eigenvalue weighted by molar-refractivity contribution is -0.138. The molecule has 0 radical (unpaired) electrons. The standard InChI is InChI=1S/C20H31N3O4/c1-15-6-4-7-16(2)19(15)27-13-10-21-20(26)23-11-5-8-17(9-12-23)22(3)14-18(24)25/h4,6-7,17H,5,8-14H2,1-3H3,(H,21,26)(H,24,25). The minimum Gasteiger partial charge on any atom is -0.491 e. The second-order valence-electron chi connectivity index (χ2n) is 7.18. The molecule has 1 fully saturated rings. The van der Waals surface area contributed by atoms with Gasteiger partial charge in [-0.05, 0) is 51.3 Å². The van der Waals surface area contributed by atoms with Gasteiger partial charge in [-0.3, -0.25) is 9.69 Å². The number of likely N-dealkylation sites (N-methyl/N-ethyl adjacent to an activating group) is 1. The largest absolute Gasteiger partial charge is 0.491 e. The van der Waals surface area contributed by atoms with Gasteiger partial charge < -0.3 is 20.1 Å². The number of aryl methyl sites for hydroxylation is 2. The van der Waals surface area contributed by atoms with E-state index in [4.69, 9.17) is 9.84 Å². The maximum atomic E-state index is 12.4. The van der Waals surface area contributed by atoms with Crippen LogP contribution in [0.3, 0.4) is 0 Å². The summed E-state index contributed by atoms with van der Waals surface area (Å²) in [5.41, 5.74) is 2.18. The third-order valence-electron chi connectivity index (χ3n) is 5.03. The van der Waals surface area contributed by atoms with Crippen LogP contribution in [-0.4, -0.2) is 72.8 Å². The molecule has 1 atom stereocenters. The van der Waals surface area contributed by atoms with E-state index in [0.717, 1.165) is 36.1 Å². The van der Waals surface area contributed by atoms with Gasteiger partial charge in [0.05, 0.1) is 13.1 Å². The number of amides is 2. The van der Waals surface area contributed by atoms with Gasteiger partial charge in [0.2, 0.25) is 0 Å². The number of aliphatic carboxylic acids is 1. The number of nitrogens with zero attached hydrogens (tertiary/aromatic N) is 2. The number of hydrogen-bond donors (Lipinski definition) is 2. The van der Waals surface area contributed by atoms with Gasteiger partial charge in [0, 0.05) is 19.1 Å². The first-order valence-electron chi connectivity index (χ1n) is 9.52. The van der Waals surface area contributed by atoms with Crippen molar-refractivity contribution in [3.63, 3.8) is 0 Å². The zero-order valence-electron chi connectivity index (χ0n) is 16.5. The summed E-state index contributed by atoms with van der Waals surface area (Å²) in [5, 5.41) is 11.9. The van der Waals surface area contributed by atoms with E-state index in [-0.39, 0.29) is 18.6 Å². The van der Waals surface area contributed by atoms with Crippen LogP contribution in [0.2, 0.25) is 0 Å². The summed E-state index contributed by atoms with van der Waals surface area (Å²) in [6.45, 7) is 6.26. The number of urea groups is 1. The highest BCUT2D eigenvalue weighted by Crippen LogP contribution is 2.22. The molecule has 1 aromatic carbocycles. The molecule has 1 unspecified atom stereocenters. The maximum absolute atomic E-state index is 12.4. The normalized spacial score (nSPS) is 17.5. The van der Waals surface area contributed by atoms with Crippen molar-refractivity contribution in [2.75, 3.05) is 39.8 Å². The van der Waals surface area contributed by atoms with Crippen molar-refractivity contribution in [2.24, 2.45) is 0 Å². The molecule has 1 aliphatic heterocycles. The van der Waals surface area contributed by atoms with Gasteiger partial charge in [-0.1, -0.05) is 18.2 Å². The van der Waals surface area contributed by atoms with E-state index in [1.807, 2.05) is 48.9 Å². The Kier molecular flexibility index (Phi) is 7.91. The molecule has 1 aromatic rings. The Labute approximate surface area is 161 Å². The maximum Gasteiger partial charge on any atom is 0.317 e. The second-order valence-corrected chi connectivity index (χ2v) is 7.18. The average molecular weight is 377 g/mol. The van der Waals surface area contributed by atoms with E-state index in [0.29, 0.717) is 26.2 Å². The zero-order valence-corrected chi connectivity index (χ0v) is 16.5. The highest BCUT2D eigenvalue weighted by Gasteiger charge is 2.23. The van der Waals surface area contributed by atoms with E-state index >= 15 is 0 Å². The fourth-order valence-electron chi connectivity index (χ4n) is 3.51. The Morgan fingerprint density at radius 2 is 1.96 bits per heavy atom. The van der Waals surface area contributed by atoms with E-state index in [1.165, 1.54) is 0 Å². The van der Waals surface area contributed by atoms with Gasteiger partial charge in [-0.25, -0.2) is 4.79 Å². The number of hydrogen-bond acceptors (Lipinski definition) is 4. The van der Waals surface area contributed by atoms with Gasteiger partial charge in [0.1, 0.15) is 12.4 Å². The number of para-hydroxylation sites is 1. The third kappa shape index (κ3) is 6.43. The number of carbonyl (C=O) groups excluding carboxylic acids is 1. The molecule has 150 valence electrons. The Morgan fingerprint density at radius 1 is 1.26 bits per heavy atom. The molecule has 0 saturated carbocycles. The summed E-state index contributed by atoms with van der Waals surface area (Å²) in [7, 11) is 1.83. The number of carboxylic acids is 1. The van der Waals surface area contributed by atoms with Crippen molar-refractivity contribution < 1.29 is 19.4 Å². The van der Waals surface area contributed by atoms with E-state index in [2.05, 4.69) is 5.32 Å². The van der Waals surface area contributed by atoms with Crippen LogP contribution in [0.5, 0.6) is 5.75 Å². The minimum atomic E-state index is -0.819. The third-order valence-corrected chi connectivity index (χ3v) is 5.03. The minimum absolute atomic E-state index is 0.0342. The summed E-state index contributed by atoms with van der Waals surface area (Å²) < 4.78 is 5.82. The summed E-state index contributed by atoms with van der Waals surface area (Å²) >= 11 is 0. The highest BCUT2D eigenvalue weighted by molar-refractivity contribution is 5.74. The number of rotatable bonds is 7. The topological polar surface area (TPSA) is 82.1 Å². The molecule has 27 heavy (non-hydrogen) atoms. The Morgan fingerprint density at radius 3 is 2.63 bits per heavy atom. The van der Waals surface area contributed by atoms with Crippen LogP contribution in [0.1, 0.15) is 30.4 Å². The molecule has 0 spiro atoms. The molecule has 0 bridgehead atoms. The Bertz CT molecular complexity index is 630. The number of likely N-dealkylation sites (tertiary alicyclic amines) is 1. The van der Waals surface area contributed by atoms with Crippen LogP contribution in [0.4, 0.5) is 4.79 Å². The highest BCUT2D eigenvalue weighted by atomic mass is 16.5. The summed E-state index contributed by atoms with van der Waals surface area (Å²) in [4.78, 5) is 27.0. The fraction of sp³-hybridized carbons (Fsp3) is 0.600. The van der Waals surface area contributed by atoms with E-state index in [1.54, 1.807) is 0 Å². The van der Waals surface area contributed by atoms with E-state index in [9.17, 15) is 9.59 Å². The first-order valence-corrected chi connectivity index (χ1v) is 9.52. The molecule has 1 heterocycles. The number of carbonyl (C=O) groups is 2. The molecule has 0 aliphatic carbocycles. The first-order chi connectivity index (χ1) is 12.9. The molecule has 1 aliphatic rings. The Balaban J connectivity index is 1.74. The Hall–Kier alpha value is -2.28. The van der Waals surface area contributed by atoms with Gasteiger partial charge in [-0.2, -0.15) is 0 Å². The molecular weight excluding hydrogens is 346 g/mol. The van der Waals surface area contributed by atoms with Crippen molar-refractivity contribution >= 4 is 12.0 Å². The zero-order chi connectivity index (χ0) is 19.8. The average Bonchev–Trinajstić information content (AvgIpc) is 2.86. The lowest BCUT2D eigenvalue weighted by Gasteiger charge is -2.25. The number of carboxylic acid groups (broad SMARTS) is 1. The van der Waals surface area contributed by atoms with Crippen LogP contribution < -0.4 is 10.1 Å². The van der Waals surface area contributed by atoms with Crippen molar-refractivity contribution in [3.05, 3.63) is 29.3 Å². The van der Waals surface area contributed by atoms with Crippen LogP contribution in [0.25, 0.3) is 0 Å². The summed E-state index contributed by atoms with van der Waals surface area (Å²) in [6.07, 6.45) is 2.57. The number of ether oxygens (including phenoxy) is 1. The quantitative estimate of drug-likeness (QED) is 0.713. The lowest BCUT2D eigenvalue weighted by atomic mass is 10.1. The van der Waals surface area contributed by atoms with Crippen molar-refractivity contribution in [1.29, 1.82) is 0 Å². The van der Waals surface area contributed by atoms with Crippen LogP contribution in [0.15, 0.2) is 18.2 Å². The van der Waals surface area contributed by atoms with Gasteiger partial charge >= 0.3 is 12.0 Å². The smallest absolute Gasteiger partial charge is 0.317 e. The first kappa shape index (κ1) is 21.0. The van der Waals surface area contributed by atoms with Crippen LogP contribution >= 0.6 is 0 Å². The number of benzene rings is 1. The fourth-order valence-corrected chi connectivity index (χ4v) is 3.51. The van der Waals surface area contributed by atoms with Crippen molar-refractivity contribution in [2.45, 2.75) is 39.2 Å². The summed E-state index contributed by atoms with van der Waals surface area (Å²) in [6, 6.07) is 6.14. The van der Waals surface area contributed by atoms with E-state index < -0.39 is 5.97 Å². The molecule has 7 nitrogen and oxygen atoms in total. The van der Waals surface area contributed by atoms with Gasteiger partial charge in [-0.15, -0.1) is 0 Å². The lowest BCUT2D eigenvalue weighted by Crippen LogP contribution is -2.42. The molecule has 1 saturated heterocycles. The molecule has 0 aromatic heterocycles. The molecule has 2 rings (SSSR count). The predicted octanol–water partition coefficient (Wildman–Crippen LogP) is 2.26. The second kappa shape index (κ2) is 10.2. The summed E-state index contributed by atoms with van der Waals surface area (Å²) in [5.74, 6) is 0.0612. The van der Waals surface area contributed by atoms with Gasteiger partial charge in [0.15, 0.2) is 0 Å². The van der Waals surface area contributed by atoms with Crippen molar-refractivity contribution in [1.82, 2.24) is 15.1 Å². The van der Waals surface area contributed by atoms with Crippen molar-refractivity contribution in [3.8, 4) is 5.75 Å². The molecule has 7 heteroatoms. The van der Waals surface area contributed by atoms with Gasteiger partial charge in [0.25, 0.3) is 0 Å². The van der Waals surface area contributed by atoms with Crippen LogP contribution in [0, 0.1) is 13.8 Å². The molecule has 2 amide bonds. The molecular formula is C20H31N3O4.